The molecule has 1 rings (SSSR count). The number of methoxy groups -OCH3 is 1. The maximum absolute atomic E-state index is 12.1. The van der Waals surface area contributed by atoms with Crippen LogP contribution in [0.4, 0.5) is 5.69 Å². The molecule has 1 aromatic rings. The van der Waals surface area contributed by atoms with Gasteiger partial charge in [-0.1, -0.05) is 13.0 Å². The molecule has 1 amide bonds. The van der Waals surface area contributed by atoms with Crippen LogP contribution in [0.2, 0.25) is 0 Å². The molecule has 7 nitrogen and oxygen atoms in total. The molecule has 116 valence electrons. The summed E-state index contributed by atoms with van der Waals surface area (Å²) in [5.41, 5.74) is -0.351. The zero-order valence-electron chi connectivity index (χ0n) is 12.2. The van der Waals surface area contributed by atoms with Crippen molar-refractivity contribution in [2.24, 2.45) is 5.92 Å². The average molecular weight is 296 g/mol. The summed E-state index contributed by atoms with van der Waals surface area (Å²) in [7, 11) is 1.36. The van der Waals surface area contributed by atoms with Crippen LogP contribution in [-0.2, 0) is 0 Å². The van der Waals surface area contributed by atoms with Gasteiger partial charge in [0.1, 0.15) is 5.75 Å². The van der Waals surface area contributed by atoms with Crippen LogP contribution in [0.3, 0.4) is 0 Å². The van der Waals surface area contributed by atoms with Crippen molar-refractivity contribution in [3.8, 4) is 5.75 Å². The minimum absolute atomic E-state index is 0.0693. The van der Waals surface area contributed by atoms with Gasteiger partial charge in [-0.25, -0.2) is 0 Å². The molecule has 0 radical (unpaired) electrons. The minimum Gasteiger partial charge on any atom is -0.496 e. The molecule has 0 aliphatic heterocycles. The molecule has 1 atom stereocenters. The summed E-state index contributed by atoms with van der Waals surface area (Å²) in [6.45, 7) is 2.40. The fraction of sp³-hybridized carbons (Fsp3) is 0.500. The number of aliphatic hydroxyl groups is 1. The van der Waals surface area contributed by atoms with Gasteiger partial charge in [-0.3, -0.25) is 14.9 Å². The van der Waals surface area contributed by atoms with Crippen molar-refractivity contribution < 1.29 is 19.6 Å². The van der Waals surface area contributed by atoms with Gasteiger partial charge in [0.25, 0.3) is 11.6 Å². The fourth-order valence-corrected chi connectivity index (χ4v) is 1.90. The Labute approximate surface area is 123 Å². The van der Waals surface area contributed by atoms with Gasteiger partial charge in [0, 0.05) is 19.2 Å². The molecule has 0 bridgehead atoms. The summed E-state index contributed by atoms with van der Waals surface area (Å²) in [6.07, 6.45) is 1.46. The Morgan fingerprint density at radius 3 is 2.81 bits per heavy atom. The van der Waals surface area contributed by atoms with Crippen LogP contribution in [0.1, 0.15) is 30.1 Å². The van der Waals surface area contributed by atoms with Gasteiger partial charge in [0.15, 0.2) is 5.56 Å². The zero-order chi connectivity index (χ0) is 15.8. The van der Waals surface area contributed by atoms with Crippen LogP contribution < -0.4 is 10.1 Å². The Bertz CT molecular complexity index is 504. The molecule has 0 spiro atoms. The van der Waals surface area contributed by atoms with Crippen molar-refractivity contribution >= 4 is 11.6 Å². The number of carbonyl (C=O) groups is 1. The second-order valence-electron chi connectivity index (χ2n) is 4.80. The van der Waals surface area contributed by atoms with E-state index in [0.717, 1.165) is 6.42 Å². The smallest absolute Gasteiger partial charge is 0.285 e. The van der Waals surface area contributed by atoms with Crippen molar-refractivity contribution in [2.45, 2.75) is 19.8 Å². The summed E-state index contributed by atoms with van der Waals surface area (Å²) in [5.74, 6) is -0.191. The van der Waals surface area contributed by atoms with Crippen LogP contribution in [0.15, 0.2) is 18.2 Å². The molecule has 0 aromatic heterocycles. The molecule has 0 aliphatic rings. The lowest BCUT2D eigenvalue weighted by molar-refractivity contribution is -0.385. The van der Waals surface area contributed by atoms with Crippen molar-refractivity contribution in [2.75, 3.05) is 20.3 Å². The minimum atomic E-state index is -0.606. The van der Waals surface area contributed by atoms with Crippen LogP contribution in [-0.4, -0.2) is 36.2 Å². The summed E-state index contributed by atoms with van der Waals surface area (Å²) in [4.78, 5) is 22.5. The summed E-state index contributed by atoms with van der Waals surface area (Å²) in [5, 5.41) is 22.5. The lowest BCUT2D eigenvalue weighted by Crippen LogP contribution is -2.26. The molecule has 0 saturated carbocycles. The highest BCUT2D eigenvalue weighted by molar-refractivity contribution is 6.00. The first kappa shape index (κ1) is 16.9. The van der Waals surface area contributed by atoms with E-state index in [1.807, 2.05) is 6.92 Å². The second kappa shape index (κ2) is 8.21. The van der Waals surface area contributed by atoms with Gasteiger partial charge < -0.3 is 15.2 Å². The van der Waals surface area contributed by atoms with E-state index in [1.165, 1.54) is 25.3 Å². The lowest BCUT2D eigenvalue weighted by atomic mass is 10.1. The number of nitrogens with zero attached hydrogens (tertiary/aromatic N) is 1. The highest BCUT2D eigenvalue weighted by Gasteiger charge is 2.24. The standard InChI is InChI=1S/C14H20N2O5/c1-10(9-17)5-4-8-15-14(18)13-11(16(19)20)6-3-7-12(13)21-2/h3,6-7,10,17H,4-5,8-9H2,1-2H3,(H,15,18). The number of hydrogen-bond donors (Lipinski definition) is 2. The highest BCUT2D eigenvalue weighted by atomic mass is 16.6. The third-order valence-electron chi connectivity index (χ3n) is 3.12. The molecular formula is C14H20N2O5. The van der Waals surface area contributed by atoms with Gasteiger partial charge in [-0.05, 0) is 24.8 Å². The van der Waals surface area contributed by atoms with E-state index >= 15 is 0 Å². The first-order valence-corrected chi connectivity index (χ1v) is 6.71. The van der Waals surface area contributed by atoms with Crippen LogP contribution in [0.25, 0.3) is 0 Å². The quantitative estimate of drug-likeness (QED) is 0.432. The topological polar surface area (TPSA) is 102 Å². The van der Waals surface area contributed by atoms with Gasteiger partial charge in [-0.2, -0.15) is 0 Å². The monoisotopic (exact) mass is 296 g/mol. The summed E-state index contributed by atoms with van der Waals surface area (Å²) >= 11 is 0. The largest absolute Gasteiger partial charge is 0.496 e. The van der Waals surface area contributed by atoms with E-state index in [-0.39, 0.29) is 29.5 Å². The number of amides is 1. The molecular weight excluding hydrogens is 276 g/mol. The van der Waals surface area contributed by atoms with Crippen LogP contribution >= 0.6 is 0 Å². The number of nitro groups is 1. The molecule has 21 heavy (non-hydrogen) atoms. The van der Waals surface area contributed by atoms with Gasteiger partial charge >= 0.3 is 0 Å². The van der Waals surface area contributed by atoms with Crippen molar-refractivity contribution in [1.82, 2.24) is 5.32 Å². The van der Waals surface area contributed by atoms with E-state index in [1.54, 1.807) is 0 Å². The normalized spacial score (nSPS) is 11.8. The van der Waals surface area contributed by atoms with Gasteiger partial charge in [0.05, 0.1) is 12.0 Å². The number of benzene rings is 1. The number of carbonyl (C=O) groups excluding carboxylic acids is 1. The molecule has 0 fully saturated rings. The Balaban J connectivity index is 2.75. The molecule has 0 saturated heterocycles. The Morgan fingerprint density at radius 1 is 1.52 bits per heavy atom. The molecule has 2 N–H and O–H groups in total. The first-order chi connectivity index (χ1) is 10.0. The third kappa shape index (κ3) is 4.71. The van der Waals surface area contributed by atoms with E-state index in [0.29, 0.717) is 13.0 Å². The number of nitro benzene ring substituents is 1. The molecule has 0 heterocycles. The highest BCUT2D eigenvalue weighted by Crippen LogP contribution is 2.27. The van der Waals surface area contributed by atoms with E-state index in [2.05, 4.69) is 5.32 Å². The van der Waals surface area contributed by atoms with E-state index in [4.69, 9.17) is 9.84 Å². The van der Waals surface area contributed by atoms with Gasteiger partial charge in [-0.15, -0.1) is 0 Å². The van der Waals surface area contributed by atoms with E-state index in [9.17, 15) is 14.9 Å². The predicted octanol–water partition coefficient (Wildman–Crippen LogP) is 1.74. The van der Waals surface area contributed by atoms with Gasteiger partial charge in [0.2, 0.25) is 0 Å². The predicted molar refractivity (Wildman–Crippen MR) is 77.5 cm³/mol. The first-order valence-electron chi connectivity index (χ1n) is 6.71. The summed E-state index contributed by atoms with van der Waals surface area (Å²) in [6, 6.07) is 4.25. The van der Waals surface area contributed by atoms with Crippen LogP contribution in [0.5, 0.6) is 5.75 Å². The maximum atomic E-state index is 12.1. The number of nitrogens with one attached hydrogen (secondary N) is 1. The molecule has 0 aliphatic carbocycles. The Morgan fingerprint density at radius 2 is 2.24 bits per heavy atom. The SMILES string of the molecule is COc1cccc([N+](=O)[O-])c1C(=O)NCCCC(C)CO. The summed E-state index contributed by atoms with van der Waals surface area (Å²) < 4.78 is 5.02. The molecule has 7 heteroatoms. The number of ether oxygens (including phenoxy) is 1. The molecule has 1 aromatic carbocycles. The number of rotatable bonds is 8. The lowest BCUT2D eigenvalue weighted by Gasteiger charge is -2.11. The third-order valence-corrected chi connectivity index (χ3v) is 3.12. The zero-order valence-corrected chi connectivity index (χ0v) is 12.2. The van der Waals surface area contributed by atoms with Crippen LogP contribution in [0, 0.1) is 16.0 Å². The second-order valence-corrected chi connectivity index (χ2v) is 4.80. The van der Waals surface area contributed by atoms with Crippen molar-refractivity contribution in [3.05, 3.63) is 33.9 Å². The Hall–Kier alpha value is -2.15. The average Bonchev–Trinajstić information content (AvgIpc) is 2.49. The number of hydrogen-bond acceptors (Lipinski definition) is 5. The Kier molecular flexibility index (Phi) is 6.61. The van der Waals surface area contributed by atoms with Crippen molar-refractivity contribution in [1.29, 1.82) is 0 Å². The molecule has 1 unspecified atom stereocenters. The van der Waals surface area contributed by atoms with E-state index < -0.39 is 10.8 Å². The number of aliphatic hydroxyl groups excluding tert-OH is 1. The fourth-order valence-electron chi connectivity index (χ4n) is 1.90. The maximum Gasteiger partial charge on any atom is 0.285 e. The van der Waals surface area contributed by atoms with Crippen molar-refractivity contribution in [3.63, 3.8) is 0 Å².